The van der Waals surface area contributed by atoms with Gasteiger partial charge in [0.1, 0.15) is 0 Å². The molecule has 1 unspecified atom stereocenters. The Bertz CT molecular complexity index is 62.4. The molecule has 0 heteroatoms. The van der Waals surface area contributed by atoms with E-state index in [2.05, 4.69) is 32.9 Å². The van der Waals surface area contributed by atoms with Crippen LogP contribution in [0.4, 0.5) is 0 Å². The van der Waals surface area contributed by atoms with E-state index in [0.717, 1.165) is 5.92 Å². The van der Waals surface area contributed by atoms with Gasteiger partial charge in [0.05, 0.1) is 0 Å². The van der Waals surface area contributed by atoms with Crippen molar-refractivity contribution >= 4 is 0 Å². The van der Waals surface area contributed by atoms with Gasteiger partial charge in [-0.15, -0.1) is 0 Å². The minimum absolute atomic E-state index is 0.773. The molecule has 76 valence electrons. The Morgan fingerprint density at radius 3 is 1.67 bits per heavy atom. The number of rotatable bonds is 3. The van der Waals surface area contributed by atoms with E-state index in [-0.39, 0.29) is 0 Å². The maximum Gasteiger partial charge on any atom is -0.0265 e. The lowest BCUT2D eigenvalue weighted by molar-refractivity contribution is 0.695. The molecular formula is C12H28. The minimum atomic E-state index is 0.773. The molecule has 0 rings (SSSR count). The van der Waals surface area contributed by atoms with Crippen LogP contribution in [0.15, 0.2) is 12.2 Å². The first-order valence-corrected chi connectivity index (χ1v) is 5.47. The molecule has 0 fully saturated rings. The molecule has 0 nitrogen and oxygen atoms in total. The van der Waals surface area contributed by atoms with Crippen LogP contribution in [-0.4, -0.2) is 0 Å². The van der Waals surface area contributed by atoms with Crippen molar-refractivity contribution in [2.24, 2.45) is 5.92 Å². The molecule has 0 saturated heterocycles. The first-order valence-electron chi connectivity index (χ1n) is 5.47. The van der Waals surface area contributed by atoms with Crippen LogP contribution in [0.2, 0.25) is 0 Å². The first kappa shape index (κ1) is 17.7. The fourth-order valence-electron chi connectivity index (χ4n) is 0.504. The Kier molecular flexibility index (Phi) is 33.1. The van der Waals surface area contributed by atoms with Crippen LogP contribution < -0.4 is 0 Å². The van der Waals surface area contributed by atoms with E-state index >= 15 is 0 Å². The molecule has 0 radical (unpaired) electrons. The van der Waals surface area contributed by atoms with E-state index in [1.165, 1.54) is 12.8 Å². The normalized spacial score (nSPS) is 10.9. The zero-order chi connectivity index (χ0) is 10.4. The molecular weight excluding hydrogens is 144 g/mol. The van der Waals surface area contributed by atoms with Crippen molar-refractivity contribution in [1.82, 2.24) is 0 Å². The zero-order valence-corrected chi connectivity index (χ0v) is 10.1. The van der Waals surface area contributed by atoms with Crippen molar-refractivity contribution in [2.75, 3.05) is 0 Å². The van der Waals surface area contributed by atoms with Gasteiger partial charge in [-0.3, -0.25) is 0 Å². The smallest absolute Gasteiger partial charge is 0.0265 e. The lowest BCUT2D eigenvalue weighted by Gasteiger charge is -1.96. The largest absolute Gasteiger partial charge is 0.0885 e. The predicted molar refractivity (Wildman–Crippen MR) is 61.6 cm³/mol. The van der Waals surface area contributed by atoms with Gasteiger partial charge in [-0.05, 0) is 12.3 Å². The molecule has 0 amide bonds. The summed E-state index contributed by atoms with van der Waals surface area (Å²) in [6.07, 6.45) is 6.94. The molecule has 0 aromatic heterocycles. The lowest BCUT2D eigenvalue weighted by Crippen LogP contribution is -1.82. The minimum Gasteiger partial charge on any atom is -0.0885 e. The van der Waals surface area contributed by atoms with Crippen LogP contribution in [0, 0.1) is 5.92 Å². The van der Waals surface area contributed by atoms with Crippen LogP contribution in [-0.2, 0) is 0 Å². The second kappa shape index (κ2) is 22.4. The Morgan fingerprint density at radius 1 is 1.00 bits per heavy atom. The van der Waals surface area contributed by atoms with Crippen molar-refractivity contribution < 1.29 is 0 Å². The summed E-state index contributed by atoms with van der Waals surface area (Å²) in [4.78, 5) is 0. The zero-order valence-electron chi connectivity index (χ0n) is 10.1. The van der Waals surface area contributed by atoms with Crippen LogP contribution in [0.3, 0.4) is 0 Å². The Balaban J connectivity index is -0.000000175. The van der Waals surface area contributed by atoms with Crippen molar-refractivity contribution in [3.05, 3.63) is 12.2 Å². The van der Waals surface area contributed by atoms with Crippen molar-refractivity contribution in [3.63, 3.8) is 0 Å². The summed E-state index contributed by atoms with van der Waals surface area (Å²) in [7, 11) is 0. The summed E-state index contributed by atoms with van der Waals surface area (Å²) in [5.74, 6) is 0.773. The molecule has 0 aliphatic heterocycles. The summed E-state index contributed by atoms with van der Waals surface area (Å²) in [6.45, 7) is 14.6. The molecule has 0 bridgehead atoms. The third-order valence-electron chi connectivity index (χ3n) is 1.34. The van der Waals surface area contributed by atoms with E-state index < -0.39 is 0 Å². The van der Waals surface area contributed by atoms with Crippen LogP contribution in [0.25, 0.3) is 0 Å². The lowest BCUT2D eigenvalue weighted by atomic mass is 10.1. The predicted octanol–water partition coefficient (Wildman–Crippen LogP) is 5.05. The fraction of sp³-hybridized carbons (Fsp3) is 0.833. The fourth-order valence-corrected chi connectivity index (χ4v) is 0.504. The first-order chi connectivity index (χ1) is 5.81. The SMILES string of the molecule is CC.CC.CC/C=C\C(C)CC. The summed E-state index contributed by atoms with van der Waals surface area (Å²) in [5, 5.41) is 0. The third-order valence-corrected chi connectivity index (χ3v) is 1.34. The topological polar surface area (TPSA) is 0 Å². The maximum absolute atomic E-state index is 2.28. The standard InChI is InChI=1S/C8H16.2C2H6/c1-4-6-7-8(3)5-2;2*1-2/h6-8H,4-5H2,1-3H3;2*1-2H3/b7-6-;;. The highest BCUT2D eigenvalue weighted by Gasteiger charge is 1.87. The highest BCUT2D eigenvalue weighted by molar-refractivity contribution is 4.84. The summed E-state index contributed by atoms with van der Waals surface area (Å²) in [6, 6.07) is 0. The molecule has 12 heavy (non-hydrogen) atoms. The van der Waals surface area contributed by atoms with Crippen LogP contribution in [0.5, 0.6) is 0 Å². The van der Waals surface area contributed by atoms with Gasteiger partial charge in [0.25, 0.3) is 0 Å². The Hall–Kier alpha value is -0.260. The molecule has 0 saturated carbocycles. The molecule has 0 spiro atoms. The maximum atomic E-state index is 2.28. The van der Waals surface area contributed by atoms with E-state index in [1.807, 2.05) is 27.7 Å². The molecule has 0 N–H and O–H groups in total. The van der Waals surface area contributed by atoms with E-state index in [4.69, 9.17) is 0 Å². The van der Waals surface area contributed by atoms with Gasteiger partial charge in [0.2, 0.25) is 0 Å². The van der Waals surface area contributed by atoms with Gasteiger partial charge in [-0.2, -0.15) is 0 Å². The molecule has 0 aromatic carbocycles. The quantitative estimate of drug-likeness (QED) is 0.522. The van der Waals surface area contributed by atoms with Crippen molar-refractivity contribution in [2.45, 2.75) is 61.3 Å². The highest BCUT2D eigenvalue weighted by Crippen LogP contribution is 2.01. The van der Waals surface area contributed by atoms with Crippen molar-refractivity contribution in [3.8, 4) is 0 Å². The van der Waals surface area contributed by atoms with Gasteiger partial charge >= 0.3 is 0 Å². The number of allylic oxidation sites excluding steroid dienone is 2. The molecule has 0 aliphatic rings. The van der Waals surface area contributed by atoms with Gasteiger partial charge in [-0.1, -0.05) is 67.0 Å². The second-order valence-electron chi connectivity index (χ2n) is 2.22. The number of hydrogen-bond donors (Lipinski definition) is 0. The summed E-state index contributed by atoms with van der Waals surface area (Å²) in [5.41, 5.74) is 0. The molecule has 0 aliphatic carbocycles. The highest BCUT2D eigenvalue weighted by atomic mass is 13.9. The average Bonchev–Trinajstić information content (AvgIpc) is 2.20. The van der Waals surface area contributed by atoms with Crippen LogP contribution in [0.1, 0.15) is 61.3 Å². The third kappa shape index (κ3) is 22.6. The monoisotopic (exact) mass is 172 g/mol. The van der Waals surface area contributed by atoms with Gasteiger partial charge < -0.3 is 0 Å². The second-order valence-corrected chi connectivity index (χ2v) is 2.22. The van der Waals surface area contributed by atoms with E-state index in [1.54, 1.807) is 0 Å². The van der Waals surface area contributed by atoms with E-state index in [9.17, 15) is 0 Å². The molecule has 1 atom stereocenters. The summed E-state index contributed by atoms with van der Waals surface area (Å²) >= 11 is 0. The van der Waals surface area contributed by atoms with Gasteiger partial charge in [0.15, 0.2) is 0 Å². The Labute approximate surface area is 80.1 Å². The van der Waals surface area contributed by atoms with Gasteiger partial charge in [0, 0.05) is 0 Å². The Morgan fingerprint density at radius 2 is 1.42 bits per heavy atom. The number of hydrogen-bond acceptors (Lipinski definition) is 0. The van der Waals surface area contributed by atoms with E-state index in [0.29, 0.717) is 0 Å². The van der Waals surface area contributed by atoms with Crippen molar-refractivity contribution in [1.29, 1.82) is 0 Å². The average molecular weight is 172 g/mol. The summed E-state index contributed by atoms with van der Waals surface area (Å²) < 4.78 is 0. The molecule has 0 heterocycles. The molecule has 0 aromatic rings. The van der Waals surface area contributed by atoms with Gasteiger partial charge in [-0.25, -0.2) is 0 Å². The van der Waals surface area contributed by atoms with Crippen LogP contribution >= 0.6 is 0 Å².